The van der Waals surface area contributed by atoms with E-state index in [1.807, 2.05) is 0 Å². The maximum absolute atomic E-state index is 5.79. The van der Waals surface area contributed by atoms with Gasteiger partial charge in [0.15, 0.2) is 0 Å². The SMILES string of the molecule is CCC1CCCCC1NC1CCOc2ccc(Br)cc21. The second kappa shape index (κ2) is 6.48. The van der Waals surface area contributed by atoms with Crippen LogP contribution in [0.15, 0.2) is 22.7 Å². The molecule has 2 aliphatic rings. The van der Waals surface area contributed by atoms with E-state index in [9.17, 15) is 0 Å². The third-order valence-electron chi connectivity index (χ3n) is 4.86. The Bertz CT molecular complexity index is 462. The number of halogens is 1. The lowest BCUT2D eigenvalue weighted by molar-refractivity contribution is 0.199. The van der Waals surface area contributed by atoms with Crippen LogP contribution in [-0.2, 0) is 0 Å². The lowest BCUT2D eigenvalue weighted by Crippen LogP contribution is -2.41. The molecule has 3 heteroatoms. The molecule has 0 radical (unpaired) electrons. The molecule has 1 aromatic carbocycles. The Kier molecular flexibility index (Phi) is 4.67. The molecule has 3 atom stereocenters. The quantitative estimate of drug-likeness (QED) is 0.852. The van der Waals surface area contributed by atoms with Crippen molar-refractivity contribution >= 4 is 15.9 Å². The van der Waals surface area contributed by atoms with Gasteiger partial charge in [-0.1, -0.05) is 42.1 Å². The van der Waals surface area contributed by atoms with E-state index in [4.69, 9.17) is 4.74 Å². The van der Waals surface area contributed by atoms with E-state index in [0.717, 1.165) is 29.2 Å². The summed E-state index contributed by atoms with van der Waals surface area (Å²) >= 11 is 3.59. The summed E-state index contributed by atoms with van der Waals surface area (Å²) in [6.45, 7) is 3.16. The van der Waals surface area contributed by atoms with Crippen LogP contribution in [0, 0.1) is 5.92 Å². The molecule has 1 aromatic rings. The lowest BCUT2D eigenvalue weighted by atomic mass is 9.82. The first-order valence-corrected chi connectivity index (χ1v) is 8.75. The van der Waals surface area contributed by atoms with Crippen molar-refractivity contribution in [1.29, 1.82) is 0 Å². The van der Waals surface area contributed by atoms with Crippen molar-refractivity contribution in [3.63, 3.8) is 0 Å². The molecule has 3 unspecified atom stereocenters. The molecular weight excluding hydrogens is 314 g/mol. The Labute approximate surface area is 130 Å². The minimum atomic E-state index is 0.452. The first-order chi connectivity index (χ1) is 9.78. The number of fused-ring (bicyclic) bond motifs is 1. The molecule has 0 aromatic heterocycles. The Morgan fingerprint density at radius 2 is 2.10 bits per heavy atom. The summed E-state index contributed by atoms with van der Waals surface area (Å²) in [7, 11) is 0. The van der Waals surface area contributed by atoms with Gasteiger partial charge in [-0.15, -0.1) is 0 Å². The number of hydrogen-bond donors (Lipinski definition) is 1. The second-order valence-electron chi connectivity index (χ2n) is 6.10. The van der Waals surface area contributed by atoms with Crippen LogP contribution in [-0.4, -0.2) is 12.6 Å². The Morgan fingerprint density at radius 3 is 2.95 bits per heavy atom. The van der Waals surface area contributed by atoms with Crippen LogP contribution in [0.4, 0.5) is 0 Å². The molecule has 1 fully saturated rings. The number of ether oxygens (including phenoxy) is 1. The molecule has 3 rings (SSSR count). The van der Waals surface area contributed by atoms with E-state index in [1.165, 1.54) is 37.7 Å². The van der Waals surface area contributed by atoms with Crippen molar-refractivity contribution < 1.29 is 4.74 Å². The maximum Gasteiger partial charge on any atom is 0.124 e. The summed E-state index contributed by atoms with van der Waals surface area (Å²) < 4.78 is 6.93. The van der Waals surface area contributed by atoms with E-state index < -0.39 is 0 Å². The molecule has 1 N–H and O–H groups in total. The summed E-state index contributed by atoms with van der Waals surface area (Å²) in [4.78, 5) is 0. The van der Waals surface area contributed by atoms with Gasteiger partial charge >= 0.3 is 0 Å². The van der Waals surface area contributed by atoms with Gasteiger partial charge in [0, 0.05) is 28.5 Å². The molecule has 0 saturated heterocycles. The molecule has 110 valence electrons. The normalized spacial score (nSPS) is 29.6. The topological polar surface area (TPSA) is 21.3 Å². The first kappa shape index (κ1) is 14.4. The van der Waals surface area contributed by atoms with Crippen molar-refractivity contribution in [2.45, 2.75) is 57.5 Å². The number of hydrogen-bond acceptors (Lipinski definition) is 2. The van der Waals surface area contributed by atoms with Gasteiger partial charge in [-0.3, -0.25) is 0 Å². The molecule has 0 spiro atoms. The highest BCUT2D eigenvalue weighted by Crippen LogP contribution is 2.36. The monoisotopic (exact) mass is 337 g/mol. The average Bonchev–Trinajstić information content (AvgIpc) is 2.48. The molecule has 1 aliphatic heterocycles. The largest absolute Gasteiger partial charge is 0.493 e. The van der Waals surface area contributed by atoms with Crippen LogP contribution in [0.3, 0.4) is 0 Å². The van der Waals surface area contributed by atoms with Gasteiger partial charge in [0.05, 0.1) is 6.61 Å². The fourth-order valence-corrected chi connectivity index (χ4v) is 4.09. The van der Waals surface area contributed by atoms with E-state index in [0.29, 0.717) is 12.1 Å². The third-order valence-corrected chi connectivity index (χ3v) is 5.35. The highest BCUT2D eigenvalue weighted by Gasteiger charge is 2.29. The second-order valence-corrected chi connectivity index (χ2v) is 7.01. The predicted octanol–water partition coefficient (Wildman–Crippen LogP) is 4.83. The van der Waals surface area contributed by atoms with Crippen molar-refractivity contribution in [2.75, 3.05) is 6.61 Å². The van der Waals surface area contributed by atoms with Crippen LogP contribution < -0.4 is 10.1 Å². The van der Waals surface area contributed by atoms with E-state index in [1.54, 1.807) is 0 Å². The van der Waals surface area contributed by atoms with E-state index in [2.05, 4.69) is 46.4 Å². The minimum absolute atomic E-state index is 0.452. The van der Waals surface area contributed by atoms with Crippen LogP contribution in [0.25, 0.3) is 0 Å². The zero-order chi connectivity index (χ0) is 13.9. The fourth-order valence-electron chi connectivity index (χ4n) is 3.71. The molecule has 2 nitrogen and oxygen atoms in total. The Balaban J connectivity index is 1.76. The summed E-state index contributed by atoms with van der Waals surface area (Å²) in [6.07, 6.45) is 7.89. The minimum Gasteiger partial charge on any atom is -0.493 e. The highest BCUT2D eigenvalue weighted by atomic mass is 79.9. The third kappa shape index (κ3) is 3.04. The van der Waals surface area contributed by atoms with Crippen LogP contribution in [0.1, 0.15) is 57.1 Å². The van der Waals surface area contributed by atoms with Crippen molar-refractivity contribution in [1.82, 2.24) is 5.32 Å². The molecule has 1 saturated carbocycles. The van der Waals surface area contributed by atoms with Gasteiger partial charge in [0.1, 0.15) is 5.75 Å². The van der Waals surface area contributed by atoms with Gasteiger partial charge in [-0.2, -0.15) is 0 Å². The van der Waals surface area contributed by atoms with Gasteiger partial charge in [0.2, 0.25) is 0 Å². The number of nitrogens with one attached hydrogen (secondary N) is 1. The first-order valence-electron chi connectivity index (χ1n) is 7.96. The molecule has 1 heterocycles. The average molecular weight is 338 g/mol. The van der Waals surface area contributed by atoms with E-state index >= 15 is 0 Å². The summed E-state index contributed by atoms with van der Waals surface area (Å²) in [5.74, 6) is 1.91. The van der Waals surface area contributed by atoms with Gasteiger partial charge < -0.3 is 10.1 Å². The molecular formula is C17H24BrNO. The molecule has 20 heavy (non-hydrogen) atoms. The van der Waals surface area contributed by atoms with Crippen molar-refractivity contribution in [2.24, 2.45) is 5.92 Å². The zero-order valence-corrected chi connectivity index (χ0v) is 13.8. The molecule has 0 bridgehead atoms. The van der Waals surface area contributed by atoms with Crippen LogP contribution >= 0.6 is 15.9 Å². The Hall–Kier alpha value is -0.540. The van der Waals surface area contributed by atoms with Gasteiger partial charge in [-0.05, 0) is 37.0 Å². The van der Waals surface area contributed by atoms with Crippen molar-refractivity contribution in [3.05, 3.63) is 28.2 Å². The van der Waals surface area contributed by atoms with E-state index in [-0.39, 0.29) is 0 Å². The lowest BCUT2D eigenvalue weighted by Gasteiger charge is -2.37. The smallest absolute Gasteiger partial charge is 0.124 e. The maximum atomic E-state index is 5.79. The summed E-state index contributed by atoms with van der Waals surface area (Å²) in [6, 6.07) is 7.51. The summed E-state index contributed by atoms with van der Waals surface area (Å²) in [5, 5.41) is 3.94. The predicted molar refractivity (Wildman–Crippen MR) is 86.2 cm³/mol. The highest BCUT2D eigenvalue weighted by molar-refractivity contribution is 9.10. The standard InChI is InChI=1S/C17H24BrNO/c1-2-12-5-3-4-6-15(12)19-16-9-10-20-17-8-7-13(18)11-14(16)17/h7-8,11-12,15-16,19H,2-6,9-10H2,1H3. The van der Waals surface area contributed by atoms with Crippen LogP contribution in [0.2, 0.25) is 0 Å². The van der Waals surface area contributed by atoms with Gasteiger partial charge in [-0.25, -0.2) is 0 Å². The summed E-state index contributed by atoms with van der Waals surface area (Å²) in [5.41, 5.74) is 1.33. The number of benzene rings is 1. The molecule has 0 amide bonds. The Morgan fingerprint density at radius 1 is 1.25 bits per heavy atom. The fraction of sp³-hybridized carbons (Fsp3) is 0.647. The van der Waals surface area contributed by atoms with Gasteiger partial charge in [0.25, 0.3) is 0 Å². The molecule has 1 aliphatic carbocycles. The van der Waals surface area contributed by atoms with Crippen molar-refractivity contribution in [3.8, 4) is 5.75 Å². The number of rotatable bonds is 3. The zero-order valence-electron chi connectivity index (χ0n) is 12.2. The van der Waals surface area contributed by atoms with Crippen LogP contribution in [0.5, 0.6) is 5.75 Å².